The van der Waals surface area contributed by atoms with Gasteiger partial charge in [-0.2, -0.15) is 0 Å². The van der Waals surface area contributed by atoms with E-state index in [1.807, 2.05) is 37.9 Å². The Hall–Kier alpha value is -2.58. The van der Waals surface area contributed by atoms with E-state index < -0.39 is 33.1 Å². The highest BCUT2D eigenvalue weighted by molar-refractivity contribution is 6.10. The van der Waals surface area contributed by atoms with Crippen LogP contribution in [0.4, 0.5) is 5.69 Å². The Morgan fingerprint density at radius 3 is 2.61 bits per heavy atom. The third kappa shape index (κ3) is 2.07. The number of aliphatic hydroxyl groups is 1. The molecule has 6 heterocycles. The van der Waals surface area contributed by atoms with E-state index in [0.29, 0.717) is 49.4 Å². The van der Waals surface area contributed by atoms with Crippen LogP contribution in [-0.4, -0.2) is 74.2 Å². The number of anilines is 1. The Balaban J connectivity index is 1.45. The van der Waals surface area contributed by atoms with Gasteiger partial charge in [0.05, 0.1) is 22.2 Å². The highest BCUT2D eigenvalue weighted by Crippen LogP contribution is 2.73. The van der Waals surface area contributed by atoms with Crippen LogP contribution in [0.1, 0.15) is 65.0 Å². The fourth-order valence-electron chi connectivity index (χ4n) is 9.21. The lowest BCUT2D eigenvalue weighted by Crippen LogP contribution is -2.82. The molecule has 3 spiro atoms. The Kier molecular flexibility index (Phi) is 3.73. The van der Waals surface area contributed by atoms with Crippen molar-refractivity contribution in [2.24, 2.45) is 11.3 Å². The summed E-state index contributed by atoms with van der Waals surface area (Å²) in [6.07, 6.45) is 5.43. The molecule has 1 aliphatic carbocycles. The summed E-state index contributed by atoms with van der Waals surface area (Å²) >= 11 is 0. The molecule has 2 amide bonds. The standard InChI is InChI=1S/C28H35N3O5/c1-23(2)8-7-15-19-16(11-17(32)20(15)36-23)27(21(33)29-19)13-26-14-31-10-9-25(5,35)28(31,22(34)30(26)6)12-18(26)24(27,3)4/h7-8,11,18,32,35H,9-10,12-14H2,1-6H3,(H,29,33)/t18-,25+,26+,27+,28-/m0/s1. The zero-order valence-electron chi connectivity index (χ0n) is 21.9. The van der Waals surface area contributed by atoms with Gasteiger partial charge < -0.3 is 25.2 Å². The van der Waals surface area contributed by atoms with Crippen LogP contribution in [0.2, 0.25) is 0 Å². The molecule has 4 saturated heterocycles. The van der Waals surface area contributed by atoms with Crippen molar-refractivity contribution in [2.75, 3.05) is 25.5 Å². The van der Waals surface area contributed by atoms with Gasteiger partial charge in [-0.15, -0.1) is 0 Å². The number of carbonyl (C=O) groups excluding carboxylic acids is 2. The molecule has 1 aromatic rings. The highest BCUT2D eigenvalue weighted by Gasteiger charge is 2.82. The van der Waals surface area contributed by atoms with E-state index in [1.165, 1.54) is 0 Å². The number of rotatable bonds is 0. The van der Waals surface area contributed by atoms with E-state index in [4.69, 9.17) is 4.74 Å². The van der Waals surface area contributed by atoms with Crippen LogP contribution in [0.25, 0.3) is 6.08 Å². The van der Waals surface area contributed by atoms with Crippen molar-refractivity contribution in [2.45, 2.75) is 81.6 Å². The molecule has 8 heteroatoms. The first-order valence-electron chi connectivity index (χ1n) is 13.0. The number of hydrogen-bond donors (Lipinski definition) is 3. The number of amides is 2. The number of phenolic OH excluding ortho intramolecular Hbond substituents is 1. The van der Waals surface area contributed by atoms with E-state index >= 15 is 0 Å². The molecule has 192 valence electrons. The summed E-state index contributed by atoms with van der Waals surface area (Å²) in [6.45, 7) is 11.2. The molecule has 8 nitrogen and oxygen atoms in total. The Morgan fingerprint density at radius 2 is 1.89 bits per heavy atom. The number of fused-ring (bicyclic) bond motifs is 5. The summed E-state index contributed by atoms with van der Waals surface area (Å²) in [5.41, 5.74) is -2.52. The smallest absolute Gasteiger partial charge is 0.246 e. The predicted molar refractivity (Wildman–Crippen MR) is 134 cm³/mol. The molecule has 5 atom stereocenters. The van der Waals surface area contributed by atoms with Crippen LogP contribution in [0.15, 0.2) is 12.1 Å². The van der Waals surface area contributed by atoms with Crippen LogP contribution in [0.5, 0.6) is 11.5 Å². The fraction of sp³-hybridized carbons (Fsp3) is 0.643. The van der Waals surface area contributed by atoms with Gasteiger partial charge in [0, 0.05) is 25.7 Å². The molecule has 36 heavy (non-hydrogen) atoms. The molecule has 3 N–H and O–H groups in total. The number of benzene rings is 1. The maximum Gasteiger partial charge on any atom is 0.246 e. The number of carbonyl (C=O) groups is 2. The number of nitrogens with one attached hydrogen (secondary N) is 1. The van der Waals surface area contributed by atoms with Crippen molar-refractivity contribution in [1.82, 2.24) is 9.80 Å². The second-order valence-corrected chi connectivity index (χ2v) is 13.4. The third-order valence-electron chi connectivity index (χ3n) is 11.2. The van der Waals surface area contributed by atoms with E-state index in [9.17, 15) is 19.8 Å². The minimum atomic E-state index is -1.13. The molecule has 6 aliphatic heterocycles. The number of aromatic hydroxyl groups is 1. The average molecular weight is 494 g/mol. The molecular formula is C28H35N3O5. The Labute approximate surface area is 211 Å². The maximum absolute atomic E-state index is 14.1. The SMILES string of the molecule is CN1C(=O)[C@]23C[C@H]4C(C)(C)[C@@]5(C[C@@]41CN2CC[C@@]3(C)O)C(=O)Nc1c5cc(O)c2c1C=CC(C)(C)O2. The van der Waals surface area contributed by atoms with Crippen LogP contribution in [-0.2, 0) is 15.0 Å². The number of piperazine rings is 1. The summed E-state index contributed by atoms with van der Waals surface area (Å²) in [5, 5.41) is 25.8. The van der Waals surface area contributed by atoms with Gasteiger partial charge in [0.25, 0.3) is 0 Å². The Morgan fingerprint density at radius 1 is 1.17 bits per heavy atom. The van der Waals surface area contributed by atoms with E-state index in [2.05, 4.69) is 24.1 Å². The largest absolute Gasteiger partial charge is 0.504 e. The van der Waals surface area contributed by atoms with Crippen molar-refractivity contribution in [3.8, 4) is 11.5 Å². The topological polar surface area (TPSA) is 102 Å². The summed E-state index contributed by atoms with van der Waals surface area (Å²) in [6, 6.07) is 1.71. The molecule has 0 unspecified atom stereocenters. The molecular weight excluding hydrogens is 458 g/mol. The van der Waals surface area contributed by atoms with Crippen molar-refractivity contribution in [3.05, 3.63) is 23.3 Å². The number of nitrogens with zero attached hydrogens (tertiary/aromatic N) is 2. The number of ether oxygens (including phenoxy) is 1. The quantitative estimate of drug-likeness (QED) is 0.481. The van der Waals surface area contributed by atoms with Crippen molar-refractivity contribution < 1.29 is 24.5 Å². The molecule has 7 aliphatic rings. The van der Waals surface area contributed by atoms with Crippen molar-refractivity contribution in [1.29, 1.82) is 0 Å². The van der Waals surface area contributed by atoms with Crippen molar-refractivity contribution in [3.63, 3.8) is 0 Å². The molecule has 1 saturated carbocycles. The van der Waals surface area contributed by atoms with E-state index in [-0.39, 0.29) is 23.5 Å². The lowest BCUT2D eigenvalue weighted by molar-refractivity contribution is -0.206. The van der Waals surface area contributed by atoms with Gasteiger partial charge >= 0.3 is 0 Å². The second-order valence-electron chi connectivity index (χ2n) is 13.4. The number of piperidine rings is 2. The molecule has 8 rings (SSSR count). The van der Waals surface area contributed by atoms with Gasteiger partial charge in [0.2, 0.25) is 11.8 Å². The summed E-state index contributed by atoms with van der Waals surface area (Å²) < 4.78 is 6.08. The van der Waals surface area contributed by atoms with Gasteiger partial charge in [-0.05, 0) is 75.1 Å². The zero-order valence-corrected chi connectivity index (χ0v) is 21.9. The van der Waals surface area contributed by atoms with Crippen LogP contribution in [0.3, 0.4) is 0 Å². The minimum absolute atomic E-state index is 0.00544. The zero-order chi connectivity index (χ0) is 25.8. The average Bonchev–Trinajstić information content (AvgIpc) is 3.30. The first-order chi connectivity index (χ1) is 16.6. The van der Waals surface area contributed by atoms with Gasteiger partial charge in [0.1, 0.15) is 11.1 Å². The minimum Gasteiger partial charge on any atom is -0.504 e. The molecule has 2 bridgehead atoms. The van der Waals surface area contributed by atoms with E-state index in [1.54, 1.807) is 13.0 Å². The molecule has 0 radical (unpaired) electrons. The highest BCUT2D eigenvalue weighted by atomic mass is 16.5. The van der Waals surface area contributed by atoms with Crippen molar-refractivity contribution >= 4 is 23.6 Å². The predicted octanol–water partition coefficient (Wildman–Crippen LogP) is 2.62. The molecule has 5 fully saturated rings. The first kappa shape index (κ1) is 22.6. The fourth-order valence-corrected chi connectivity index (χ4v) is 9.21. The van der Waals surface area contributed by atoms with Crippen LogP contribution >= 0.6 is 0 Å². The number of hydrogen-bond acceptors (Lipinski definition) is 6. The number of phenols is 1. The lowest BCUT2D eigenvalue weighted by Gasteiger charge is -2.65. The lowest BCUT2D eigenvalue weighted by atomic mass is 9.55. The summed E-state index contributed by atoms with van der Waals surface area (Å²) in [5.74, 6) is 0.274. The normalized spacial score (nSPS) is 42.8. The van der Waals surface area contributed by atoms with Gasteiger partial charge in [-0.1, -0.05) is 13.8 Å². The van der Waals surface area contributed by atoms with Gasteiger partial charge in [-0.25, -0.2) is 0 Å². The maximum atomic E-state index is 14.1. The molecule has 1 aromatic carbocycles. The van der Waals surface area contributed by atoms with E-state index in [0.717, 1.165) is 5.56 Å². The third-order valence-corrected chi connectivity index (χ3v) is 11.2. The molecule has 0 aromatic heterocycles. The summed E-state index contributed by atoms with van der Waals surface area (Å²) in [7, 11) is 1.86. The Bertz CT molecular complexity index is 1310. The van der Waals surface area contributed by atoms with Gasteiger partial charge in [-0.3, -0.25) is 14.5 Å². The summed E-state index contributed by atoms with van der Waals surface area (Å²) in [4.78, 5) is 32.2. The first-order valence-corrected chi connectivity index (χ1v) is 13.0. The van der Waals surface area contributed by atoms with Gasteiger partial charge in [0.15, 0.2) is 11.5 Å². The second kappa shape index (κ2) is 5.94. The monoisotopic (exact) mass is 493 g/mol. The van der Waals surface area contributed by atoms with Crippen LogP contribution in [0, 0.1) is 11.3 Å². The number of likely N-dealkylation sites (N-methyl/N-ethyl adjacent to an activating group) is 1. The van der Waals surface area contributed by atoms with Crippen LogP contribution < -0.4 is 10.1 Å².